The number of carboxylic acid groups (broad SMARTS) is 1. The van der Waals surface area contributed by atoms with Crippen LogP contribution in [0.4, 0.5) is 5.69 Å². The van der Waals surface area contributed by atoms with Crippen molar-refractivity contribution in [3.63, 3.8) is 0 Å². The normalized spacial score (nSPS) is 10.0. The maximum atomic E-state index is 11.5. The zero-order chi connectivity index (χ0) is 14.3. The second-order valence-electron chi connectivity index (χ2n) is 3.61. The number of aromatic carboxylic acids is 1. The highest BCUT2D eigenvalue weighted by Crippen LogP contribution is 2.23. The summed E-state index contributed by atoms with van der Waals surface area (Å²) in [5.41, 5.74) is 5.68. The van der Waals surface area contributed by atoms with E-state index in [1.54, 1.807) is 0 Å². The highest BCUT2D eigenvalue weighted by Gasteiger charge is 2.12. The molecule has 0 atom stereocenters. The topological polar surface area (TPSA) is 111 Å². The minimum atomic E-state index is -1.10. The van der Waals surface area contributed by atoms with Crippen molar-refractivity contribution in [1.82, 2.24) is 0 Å². The van der Waals surface area contributed by atoms with Crippen LogP contribution in [0, 0.1) is 0 Å². The fourth-order valence-corrected chi connectivity index (χ4v) is 1.39. The van der Waals surface area contributed by atoms with Gasteiger partial charge >= 0.3 is 5.97 Å². The third kappa shape index (κ3) is 4.57. The van der Waals surface area contributed by atoms with Crippen LogP contribution in [0.1, 0.15) is 10.4 Å². The fourth-order valence-electron chi connectivity index (χ4n) is 1.39. The predicted octanol–water partition coefficient (Wildman–Crippen LogP) is 0.307. The molecule has 0 aromatic heterocycles. The number of carboxylic acids is 1. The highest BCUT2D eigenvalue weighted by atomic mass is 16.5. The van der Waals surface area contributed by atoms with E-state index < -0.39 is 5.97 Å². The van der Waals surface area contributed by atoms with Crippen molar-refractivity contribution in [1.29, 1.82) is 0 Å². The molecule has 19 heavy (non-hydrogen) atoms. The Kier molecular flexibility index (Phi) is 5.77. The van der Waals surface area contributed by atoms with Gasteiger partial charge in [0.1, 0.15) is 17.9 Å². The lowest BCUT2D eigenvalue weighted by Gasteiger charge is -2.09. The van der Waals surface area contributed by atoms with E-state index in [0.29, 0.717) is 18.8 Å². The van der Waals surface area contributed by atoms with Gasteiger partial charge in [-0.25, -0.2) is 4.79 Å². The molecule has 0 bridgehead atoms. The molecule has 0 spiro atoms. The first-order valence-electron chi connectivity index (χ1n) is 5.57. The second kappa shape index (κ2) is 7.34. The third-order valence-corrected chi connectivity index (χ3v) is 2.21. The van der Waals surface area contributed by atoms with E-state index in [0.717, 1.165) is 0 Å². The summed E-state index contributed by atoms with van der Waals surface area (Å²) in [6.07, 6.45) is 0. The van der Waals surface area contributed by atoms with Gasteiger partial charge in [0.25, 0.3) is 0 Å². The Balaban J connectivity index is 2.69. The molecular formula is C12H16N2O5. The van der Waals surface area contributed by atoms with Crippen LogP contribution in [0.5, 0.6) is 5.75 Å². The summed E-state index contributed by atoms with van der Waals surface area (Å²) in [7, 11) is 1.36. The Morgan fingerprint density at radius 2 is 2.16 bits per heavy atom. The van der Waals surface area contributed by atoms with Gasteiger partial charge in [0.05, 0.1) is 13.7 Å². The van der Waals surface area contributed by atoms with Crippen LogP contribution >= 0.6 is 0 Å². The second-order valence-corrected chi connectivity index (χ2v) is 3.61. The lowest BCUT2D eigenvalue weighted by molar-refractivity contribution is -0.120. The molecule has 0 saturated heterocycles. The summed E-state index contributed by atoms with van der Waals surface area (Å²) >= 11 is 0. The molecule has 0 aliphatic heterocycles. The van der Waals surface area contributed by atoms with Crippen molar-refractivity contribution in [3.05, 3.63) is 23.8 Å². The Labute approximate surface area is 110 Å². The molecule has 104 valence electrons. The fraction of sp³-hybridized carbons (Fsp3) is 0.333. The Hall–Kier alpha value is -2.12. The van der Waals surface area contributed by atoms with E-state index in [-0.39, 0.29) is 23.8 Å². The van der Waals surface area contributed by atoms with Crippen LogP contribution < -0.4 is 15.8 Å². The lowest BCUT2D eigenvalue weighted by Crippen LogP contribution is -2.20. The quantitative estimate of drug-likeness (QED) is 0.614. The number of nitrogens with one attached hydrogen (secondary N) is 1. The first kappa shape index (κ1) is 14.9. The average molecular weight is 268 g/mol. The maximum Gasteiger partial charge on any atom is 0.339 e. The number of carbonyl (C=O) groups excluding carboxylic acids is 1. The van der Waals surface area contributed by atoms with Crippen molar-refractivity contribution >= 4 is 17.6 Å². The number of amides is 1. The number of benzene rings is 1. The molecule has 0 fully saturated rings. The molecule has 4 N–H and O–H groups in total. The summed E-state index contributed by atoms with van der Waals surface area (Å²) < 4.78 is 9.92. The molecule has 0 aliphatic rings. The standard InChI is InChI=1S/C12H16N2O5/c1-18-10-6-8(2-3-9(10)12(16)17)14-11(15)7-19-5-4-13/h2-3,6H,4-5,7,13H2,1H3,(H,14,15)(H,16,17). The van der Waals surface area contributed by atoms with Crippen LogP contribution in [-0.2, 0) is 9.53 Å². The van der Waals surface area contributed by atoms with Crippen molar-refractivity contribution in [3.8, 4) is 5.75 Å². The van der Waals surface area contributed by atoms with Gasteiger partial charge in [0.15, 0.2) is 0 Å². The summed E-state index contributed by atoms with van der Waals surface area (Å²) in [5, 5.41) is 11.5. The number of methoxy groups -OCH3 is 1. The van der Waals surface area contributed by atoms with E-state index in [4.69, 9.17) is 20.3 Å². The molecule has 0 saturated carbocycles. The predicted molar refractivity (Wildman–Crippen MR) is 68.5 cm³/mol. The largest absolute Gasteiger partial charge is 0.496 e. The molecule has 1 rings (SSSR count). The number of anilines is 1. The Morgan fingerprint density at radius 3 is 2.74 bits per heavy atom. The summed E-state index contributed by atoms with van der Waals surface area (Å²) in [6.45, 7) is 0.531. The lowest BCUT2D eigenvalue weighted by atomic mass is 10.2. The minimum absolute atomic E-state index is 0.0277. The molecule has 7 heteroatoms. The van der Waals surface area contributed by atoms with Crippen molar-refractivity contribution in [2.45, 2.75) is 0 Å². The number of hydrogen-bond acceptors (Lipinski definition) is 5. The van der Waals surface area contributed by atoms with Gasteiger partial charge in [-0.3, -0.25) is 4.79 Å². The molecule has 1 amide bonds. The number of rotatable bonds is 7. The van der Waals surface area contributed by atoms with E-state index >= 15 is 0 Å². The third-order valence-electron chi connectivity index (χ3n) is 2.21. The van der Waals surface area contributed by atoms with E-state index in [2.05, 4.69) is 5.32 Å². The maximum absolute atomic E-state index is 11.5. The first-order chi connectivity index (χ1) is 9.08. The molecule has 1 aromatic rings. The summed E-state index contributed by atoms with van der Waals surface area (Å²) in [5.74, 6) is -1.27. The molecule has 0 heterocycles. The van der Waals surface area contributed by atoms with Gasteiger partial charge in [0, 0.05) is 18.3 Å². The highest BCUT2D eigenvalue weighted by molar-refractivity contribution is 5.95. The first-order valence-corrected chi connectivity index (χ1v) is 5.57. The van der Waals surface area contributed by atoms with Crippen molar-refractivity contribution in [2.75, 3.05) is 32.2 Å². The summed E-state index contributed by atoms with van der Waals surface area (Å²) in [6, 6.07) is 4.27. The van der Waals surface area contributed by atoms with Crippen molar-refractivity contribution in [2.24, 2.45) is 5.73 Å². The minimum Gasteiger partial charge on any atom is -0.496 e. The van der Waals surface area contributed by atoms with Gasteiger partial charge in [-0.15, -0.1) is 0 Å². The smallest absolute Gasteiger partial charge is 0.339 e. The van der Waals surface area contributed by atoms with Crippen LogP contribution in [0.25, 0.3) is 0 Å². The van der Waals surface area contributed by atoms with Gasteiger partial charge in [-0.1, -0.05) is 0 Å². The molecule has 0 aliphatic carbocycles. The zero-order valence-electron chi connectivity index (χ0n) is 10.5. The Morgan fingerprint density at radius 1 is 1.42 bits per heavy atom. The summed E-state index contributed by atoms with van der Waals surface area (Å²) in [4.78, 5) is 22.4. The molecule has 7 nitrogen and oxygen atoms in total. The van der Waals surface area contributed by atoms with Crippen LogP contribution in [-0.4, -0.2) is 43.9 Å². The van der Waals surface area contributed by atoms with Gasteiger partial charge in [-0.2, -0.15) is 0 Å². The van der Waals surface area contributed by atoms with Crippen LogP contribution in [0.15, 0.2) is 18.2 Å². The van der Waals surface area contributed by atoms with E-state index in [1.165, 1.54) is 25.3 Å². The zero-order valence-corrected chi connectivity index (χ0v) is 10.5. The van der Waals surface area contributed by atoms with Gasteiger partial charge < -0.3 is 25.6 Å². The SMILES string of the molecule is COc1cc(NC(=O)COCCN)ccc1C(=O)O. The van der Waals surface area contributed by atoms with Crippen LogP contribution in [0.3, 0.4) is 0 Å². The van der Waals surface area contributed by atoms with Crippen LogP contribution in [0.2, 0.25) is 0 Å². The average Bonchev–Trinajstić information content (AvgIpc) is 2.38. The Bertz CT molecular complexity index is 461. The van der Waals surface area contributed by atoms with Gasteiger partial charge in [0.2, 0.25) is 5.91 Å². The molecule has 0 unspecified atom stereocenters. The monoisotopic (exact) mass is 268 g/mol. The van der Waals surface area contributed by atoms with E-state index in [1.807, 2.05) is 0 Å². The van der Waals surface area contributed by atoms with Crippen molar-refractivity contribution < 1.29 is 24.2 Å². The molecule has 0 radical (unpaired) electrons. The van der Waals surface area contributed by atoms with Gasteiger partial charge in [-0.05, 0) is 12.1 Å². The number of nitrogens with two attached hydrogens (primary N) is 1. The molecular weight excluding hydrogens is 252 g/mol. The number of ether oxygens (including phenoxy) is 2. The van der Waals surface area contributed by atoms with E-state index in [9.17, 15) is 9.59 Å². The number of carbonyl (C=O) groups is 2. The number of hydrogen-bond donors (Lipinski definition) is 3. The molecule has 1 aromatic carbocycles.